The Kier molecular flexibility index (Phi) is 4.22. The average molecular weight is 356 g/mol. The molecule has 3 heterocycles. The Morgan fingerprint density at radius 2 is 2.18 bits per heavy atom. The third-order valence-electron chi connectivity index (χ3n) is 3.21. The first-order chi connectivity index (χ1) is 10.5. The van der Waals surface area contributed by atoms with Crippen molar-refractivity contribution in [3.63, 3.8) is 0 Å². The van der Waals surface area contributed by atoms with Crippen LogP contribution in [-0.2, 0) is 16.4 Å². The highest BCUT2D eigenvalue weighted by Crippen LogP contribution is 2.25. The molecule has 22 heavy (non-hydrogen) atoms. The smallest absolute Gasteiger partial charge is 0.250 e. The van der Waals surface area contributed by atoms with Crippen molar-refractivity contribution in [2.45, 2.75) is 17.6 Å². The molecular formula is C14H14ClN3O2S2. The quantitative estimate of drug-likeness (QED) is 0.765. The molecule has 8 heteroatoms. The van der Waals surface area contributed by atoms with Crippen molar-refractivity contribution in [3.8, 4) is 0 Å². The zero-order chi connectivity index (χ0) is 15.7. The van der Waals surface area contributed by atoms with Crippen LogP contribution < -0.4 is 4.72 Å². The van der Waals surface area contributed by atoms with Crippen molar-refractivity contribution >= 4 is 38.6 Å². The minimum Gasteiger partial charge on any atom is -0.307 e. The summed E-state index contributed by atoms with van der Waals surface area (Å²) >= 11 is 6.81. The topological polar surface area (TPSA) is 63.5 Å². The lowest BCUT2D eigenvalue weighted by molar-refractivity contribution is 0.583. The molecule has 0 unspecified atom stereocenters. The molecule has 0 atom stereocenters. The van der Waals surface area contributed by atoms with Crippen LogP contribution in [0.1, 0.15) is 11.3 Å². The van der Waals surface area contributed by atoms with Crippen LogP contribution in [-0.4, -0.2) is 24.3 Å². The minimum atomic E-state index is -3.50. The number of imidazole rings is 1. The number of nitrogens with zero attached hydrogens (tertiary/aromatic N) is 2. The molecule has 0 amide bonds. The summed E-state index contributed by atoms with van der Waals surface area (Å²) in [4.78, 5) is 4.52. The molecule has 0 saturated heterocycles. The Balaban J connectivity index is 1.68. The lowest BCUT2D eigenvalue weighted by Gasteiger charge is -2.02. The van der Waals surface area contributed by atoms with E-state index in [0.717, 1.165) is 28.2 Å². The second-order valence-corrected chi connectivity index (χ2v) is 8.57. The van der Waals surface area contributed by atoms with Gasteiger partial charge >= 0.3 is 0 Å². The van der Waals surface area contributed by atoms with Gasteiger partial charge in [-0.2, -0.15) is 0 Å². The number of pyridine rings is 1. The normalized spacial score (nSPS) is 12.1. The molecule has 0 spiro atoms. The second kappa shape index (κ2) is 6.00. The maximum Gasteiger partial charge on any atom is 0.250 e. The van der Waals surface area contributed by atoms with Crippen molar-refractivity contribution in [1.82, 2.24) is 14.1 Å². The molecule has 0 radical (unpaired) electrons. The molecule has 0 bridgehead atoms. The fraction of sp³-hybridized carbons (Fsp3) is 0.214. The molecule has 0 aliphatic heterocycles. The first-order valence-electron chi connectivity index (χ1n) is 6.64. The number of halogens is 1. The van der Waals surface area contributed by atoms with E-state index in [2.05, 4.69) is 9.71 Å². The van der Waals surface area contributed by atoms with Gasteiger partial charge in [0.25, 0.3) is 0 Å². The Morgan fingerprint density at radius 1 is 1.36 bits per heavy atom. The zero-order valence-corrected chi connectivity index (χ0v) is 14.2. The van der Waals surface area contributed by atoms with Crippen molar-refractivity contribution in [2.24, 2.45) is 0 Å². The Labute approximate surface area is 137 Å². The lowest BCUT2D eigenvalue weighted by Crippen LogP contribution is -2.25. The Hall–Kier alpha value is -1.41. The van der Waals surface area contributed by atoms with Crippen molar-refractivity contribution in [3.05, 3.63) is 52.3 Å². The van der Waals surface area contributed by atoms with Crippen molar-refractivity contribution in [1.29, 1.82) is 0 Å². The van der Waals surface area contributed by atoms with Gasteiger partial charge in [0.1, 0.15) is 9.86 Å². The van der Waals surface area contributed by atoms with Crippen LogP contribution in [0.4, 0.5) is 0 Å². The summed E-state index contributed by atoms with van der Waals surface area (Å²) in [6.45, 7) is 2.29. The fourth-order valence-electron chi connectivity index (χ4n) is 2.15. The summed E-state index contributed by atoms with van der Waals surface area (Å²) in [7, 11) is -3.50. The van der Waals surface area contributed by atoms with Crippen LogP contribution in [0.2, 0.25) is 4.34 Å². The van der Waals surface area contributed by atoms with Gasteiger partial charge in [0.05, 0.1) is 10.0 Å². The second-order valence-electron chi connectivity index (χ2n) is 4.86. The number of fused-ring (bicyclic) bond motifs is 1. The predicted molar refractivity (Wildman–Crippen MR) is 88.2 cm³/mol. The Bertz CT molecular complexity index is 915. The maximum absolute atomic E-state index is 12.1. The van der Waals surface area contributed by atoms with Crippen LogP contribution >= 0.6 is 22.9 Å². The van der Waals surface area contributed by atoms with Gasteiger partial charge < -0.3 is 4.40 Å². The van der Waals surface area contributed by atoms with E-state index < -0.39 is 10.0 Å². The number of sulfonamides is 1. The van der Waals surface area contributed by atoms with Crippen molar-refractivity contribution in [2.75, 3.05) is 6.54 Å². The lowest BCUT2D eigenvalue weighted by atomic mass is 10.3. The third kappa shape index (κ3) is 3.17. The highest BCUT2D eigenvalue weighted by molar-refractivity contribution is 7.91. The monoisotopic (exact) mass is 355 g/mol. The molecule has 3 aromatic heterocycles. The Morgan fingerprint density at radius 3 is 2.86 bits per heavy atom. The number of hydrogen-bond donors (Lipinski definition) is 1. The number of nitrogens with one attached hydrogen (secondary N) is 1. The largest absolute Gasteiger partial charge is 0.307 e. The molecule has 0 aliphatic rings. The highest BCUT2D eigenvalue weighted by atomic mass is 35.5. The summed E-state index contributed by atoms with van der Waals surface area (Å²) in [6, 6.07) is 7.03. The number of hydrogen-bond acceptors (Lipinski definition) is 4. The molecule has 116 valence electrons. The first kappa shape index (κ1) is 15.5. The highest BCUT2D eigenvalue weighted by Gasteiger charge is 2.16. The van der Waals surface area contributed by atoms with Gasteiger partial charge in [-0.05, 0) is 30.7 Å². The minimum absolute atomic E-state index is 0.225. The maximum atomic E-state index is 12.1. The summed E-state index contributed by atoms with van der Waals surface area (Å²) in [5.41, 5.74) is 2.83. The molecule has 0 aromatic carbocycles. The van der Waals surface area contributed by atoms with Gasteiger partial charge in [0.2, 0.25) is 10.0 Å². The van der Waals surface area contributed by atoms with Crippen molar-refractivity contribution < 1.29 is 8.42 Å². The van der Waals surface area contributed by atoms with E-state index in [1.54, 1.807) is 6.07 Å². The van der Waals surface area contributed by atoms with Gasteiger partial charge in [-0.15, -0.1) is 11.3 Å². The molecule has 3 rings (SSSR count). The van der Waals surface area contributed by atoms with E-state index in [4.69, 9.17) is 11.6 Å². The fourth-order valence-corrected chi connectivity index (χ4v) is 4.71. The molecule has 5 nitrogen and oxygen atoms in total. The molecule has 1 N–H and O–H groups in total. The number of aromatic nitrogens is 2. The van der Waals surface area contributed by atoms with Gasteiger partial charge in [-0.3, -0.25) is 0 Å². The van der Waals surface area contributed by atoms with Gasteiger partial charge in [-0.25, -0.2) is 18.1 Å². The molecule has 3 aromatic rings. The van der Waals surface area contributed by atoms with Crippen LogP contribution in [0.25, 0.3) is 5.65 Å². The molecular weight excluding hydrogens is 342 g/mol. The van der Waals surface area contributed by atoms with Crippen LogP contribution in [0.5, 0.6) is 0 Å². The van der Waals surface area contributed by atoms with E-state index in [-0.39, 0.29) is 4.21 Å². The van der Waals surface area contributed by atoms with Gasteiger partial charge in [-0.1, -0.05) is 17.7 Å². The van der Waals surface area contributed by atoms with E-state index >= 15 is 0 Å². The van der Waals surface area contributed by atoms with E-state index in [1.807, 2.05) is 35.9 Å². The standard InChI is InChI=1S/C14H14ClN3O2S2/c1-10-3-2-8-18-9-11(17-14(10)18)6-7-16-22(19,20)13-5-4-12(15)21-13/h2-5,8-9,16H,6-7H2,1H3. The SMILES string of the molecule is Cc1cccn2cc(CCNS(=O)(=O)c3ccc(Cl)s3)nc12. The summed E-state index contributed by atoms with van der Waals surface area (Å²) < 4.78 is 29.3. The molecule has 0 fully saturated rings. The van der Waals surface area contributed by atoms with Gasteiger partial charge in [0.15, 0.2) is 0 Å². The number of thiophene rings is 1. The van der Waals surface area contributed by atoms with Crippen LogP contribution in [0.3, 0.4) is 0 Å². The molecule has 0 aliphatic carbocycles. The van der Waals surface area contributed by atoms with E-state index in [9.17, 15) is 8.42 Å². The summed E-state index contributed by atoms with van der Waals surface area (Å²) in [5, 5.41) is 0. The van der Waals surface area contributed by atoms with Crippen LogP contribution in [0.15, 0.2) is 40.9 Å². The number of rotatable bonds is 5. The third-order valence-corrected chi connectivity index (χ3v) is 6.40. The summed E-state index contributed by atoms with van der Waals surface area (Å²) in [5.74, 6) is 0. The molecule has 0 saturated carbocycles. The zero-order valence-electron chi connectivity index (χ0n) is 11.8. The first-order valence-corrected chi connectivity index (χ1v) is 9.32. The average Bonchev–Trinajstić information content (AvgIpc) is 3.06. The summed E-state index contributed by atoms with van der Waals surface area (Å²) in [6.07, 6.45) is 4.37. The van der Waals surface area contributed by atoms with Crippen LogP contribution in [0, 0.1) is 6.92 Å². The number of aryl methyl sites for hydroxylation is 1. The van der Waals surface area contributed by atoms with Gasteiger partial charge in [0, 0.05) is 25.4 Å². The van der Waals surface area contributed by atoms with E-state index in [1.165, 1.54) is 6.07 Å². The predicted octanol–water partition coefficient (Wildman–Crippen LogP) is 2.88. The van der Waals surface area contributed by atoms with E-state index in [0.29, 0.717) is 17.3 Å².